The number of rotatable bonds is 3. The van der Waals surface area contributed by atoms with Crippen LogP contribution in [0.2, 0.25) is 0 Å². The maximum absolute atomic E-state index is 9.98. The molecule has 1 radical (unpaired) electrons. The topological polar surface area (TPSA) is 58.4 Å². The summed E-state index contributed by atoms with van der Waals surface area (Å²) in [7, 11) is 0. The predicted octanol–water partition coefficient (Wildman–Crippen LogP) is 3.03. The van der Waals surface area contributed by atoms with E-state index in [1.807, 2.05) is 20.3 Å². The van der Waals surface area contributed by atoms with Crippen LogP contribution in [0.3, 0.4) is 0 Å². The third-order valence-corrected chi connectivity index (χ3v) is 3.68. The maximum Gasteiger partial charge on any atom is 0.219 e. The van der Waals surface area contributed by atoms with Gasteiger partial charge in [0.15, 0.2) is 0 Å². The molecule has 1 aromatic heterocycles. The van der Waals surface area contributed by atoms with Crippen LogP contribution < -0.4 is 0 Å². The lowest BCUT2D eigenvalue weighted by atomic mass is 9.77. The zero-order chi connectivity index (χ0) is 13.0. The number of hydrogen-bond donors (Lipinski definition) is 1. The molecular formula is C14H20N3O. The number of aromatic nitrogens is 2. The van der Waals surface area contributed by atoms with E-state index in [2.05, 4.69) is 9.97 Å². The molecule has 1 heterocycles. The van der Waals surface area contributed by atoms with E-state index in [0.29, 0.717) is 0 Å². The van der Waals surface area contributed by atoms with Gasteiger partial charge < -0.3 is 5.11 Å². The molecule has 1 aliphatic rings. The van der Waals surface area contributed by atoms with Crippen molar-refractivity contribution in [2.24, 2.45) is 4.99 Å². The molecule has 0 saturated heterocycles. The van der Waals surface area contributed by atoms with Crippen molar-refractivity contribution in [2.75, 3.05) is 0 Å². The summed E-state index contributed by atoms with van der Waals surface area (Å²) in [5.41, 5.74) is 1.44. The molecule has 4 nitrogen and oxygen atoms in total. The molecule has 4 heteroatoms. The van der Waals surface area contributed by atoms with E-state index in [9.17, 15) is 5.11 Å². The molecule has 0 aliphatic heterocycles. The van der Waals surface area contributed by atoms with Gasteiger partial charge in [-0.3, -0.25) is 4.99 Å². The Morgan fingerprint density at radius 2 is 2.11 bits per heavy atom. The Kier molecular flexibility index (Phi) is 3.94. The molecule has 0 spiro atoms. The van der Waals surface area contributed by atoms with Crippen LogP contribution in [-0.2, 0) is 5.54 Å². The van der Waals surface area contributed by atoms with E-state index in [1.54, 1.807) is 6.20 Å². The maximum atomic E-state index is 9.98. The van der Waals surface area contributed by atoms with Gasteiger partial charge in [0.1, 0.15) is 6.33 Å². The van der Waals surface area contributed by atoms with Gasteiger partial charge in [-0.1, -0.05) is 26.2 Å². The molecule has 1 saturated carbocycles. The fourth-order valence-electron chi connectivity index (χ4n) is 2.63. The van der Waals surface area contributed by atoms with Crippen molar-refractivity contribution in [3.63, 3.8) is 0 Å². The van der Waals surface area contributed by atoms with Crippen LogP contribution >= 0.6 is 0 Å². The van der Waals surface area contributed by atoms with Gasteiger partial charge in [-0.05, 0) is 19.8 Å². The highest BCUT2D eigenvalue weighted by atomic mass is 16.3. The molecule has 97 valence electrons. The molecule has 0 unspecified atom stereocenters. The largest absolute Gasteiger partial charge is 0.493 e. The summed E-state index contributed by atoms with van der Waals surface area (Å²) in [4.78, 5) is 12.8. The molecule has 1 aromatic rings. The molecule has 1 fully saturated rings. The average molecular weight is 246 g/mol. The van der Waals surface area contributed by atoms with Gasteiger partial charge in [0.05, 0.1) is 11.1 Å². The highest BCUT2D eigenvalue weighted by molar-refractivity contribution is 5.90. The van der Waals surface area contributed by atoms with Gasteiger partial charge in [0, 0.05) is 18.3 Å². The molecule has 2 rings (SSSR count). The fraction of sp³-hybridized carbons (Fsp3) is 0.571. The molecule has 1 aliphatic carbocycles. The summed E-state index contributed by atoms with van der Waals surface area (Å²) in [6.07, 6.45) is 10.5. The minimum absolute atomic E-state index is 0.0690. The van der Waals surface area contributed by atoms with Crippen LogP contribution in [0.25, 0.3) is 0 Å². The van der Waals surface area contributed by atoms with Gasteiger partial charge in [-0.25, -0.2) is 9.97 Å². The lowest BCUT2D eigenvalue weighted by Gasteiger charge is -2.34. The van der Waals surface area contributed by atoms with Crippen molar-refractivity contribution < 1.29 is 5.11 Å². The normalized spacial score (nSPS) is 19.8. The zero-order valence-electron chi connectivity index (χ0n) is 11.1. The molecule has 0 aromatic carbocycles. The zero-order valence-corrected chi connectivity index (χ0v) is 11.1. The number of aliphatic imine (C=N–C) groups is 1. The summed E-state index contributed by atoms with van der Waals surface area (Å²) in [5.74, 6) is 0.0690. The summed E-state index contributed by atoms with van der Waals surface area (Å²) < 4.78 is 0. The van der Waals surface area contributed by atoms with Crippen LogP contribution in [-0.4, -0.2) is 20.8 Å². The molecule has 0 amide bonds. The summed E-state index contributed by atoms with van der Waals surface area (Å²) in [6.45, 7) is 3.98. The van der Waals surface area contributed by atoms with Gasteiger partial charge in [0.2, 0.25) is 5.88 Å². The third kappa shape index (κ3) is 2.52. The Morgan fingerprint density at radius 3 is 2.72 bits per heavy atom. The van der Waals surface area contributed by atoms with E-state index in [4.69, 9.17) is 4.99 Å². The van der Waals surface area contributed by atoms with Gasteiger partial charge in [-0.15, -0.1) is 0 Å². The van der Waals surface area contributed by atoms with Crippen molar-refractivity contribution in [2.45, 2.75) is 51.5 Å². The molecular weight excluding hydrogens is 226 g/mol. The molecule has 0 atom stereocenters. The Bertz CT molecular complexity index is 436. The first-order valence-corrected chi connectivity index (χ1v) is 6.53. The highest BCUT2D eigenvalue weighted by Crippen LogP contribution is 2.43. The highest BCUT2D eigenvalue weighted by Gasteiger charge is 2.36. The predicted molar refractivity (Wildman–Crippen MR) is 71.5 cm³/mol. The van der Waals surface area contributed by atoms with Gasteiger partial charge in [-0.2, -0.15) is 0 Å². The monoisotopic (exact) mass is 246 g/mol. The standard InChI is InChI=1S/C14H20N3O/c1-3-11(2)17-14(7-5-4-6-8-14)12-9-15-10-16-13(12)18/h3,9-10H,4-8H2,1-2H3,(H,15,16,18). The Labute approximate surface area is 108 Å². The van der Waals surface area contributed by atoms with E-state index in [0.717, 1.165) is 37.0 Å². The first-order chi connectivity index (χ1) is 8.68. The lowest BCUT2D eigenvalue weighted by Crippen LogP contribution is -2.28. The van der Waals surface area contributed by atoms with Crippen LogP contribution in [0.4, 0.5) is 0 Å². The number of aromatic hydroxyl groups is 1. The van der Waals surface area contributed by atoms with Crippen molar-refractivity contribution in [1.82, 2.24) is 9.97 Å². The minimum atomic E-state index is -0.333. The van der Waals surface area contributed by atoms with E-state index in [-0.39, 0.29) is 11.4 Å². The van der Waals surface area contributed by atoms with Crippen molar-refractivity contribution in [1.29, 1.82) is 0 Å². The van der Waals surface area contributed by atoms with E-state index >= 15 is 0 Å². The molecule has 1 N–H and O–H groups in total. The van der Waals surface area contributed by atoms with Crippen molar-refractivity contribution in [3.8, 4) is 5.88 Å². The van der Waals surface area contributed by atoms with Crippen LogP contribution in [0, 0.1) is 6.42 Å². The minimum Gasteiger partial charge on any atom is -0.493 e. The Balaban J connectivity index is 2.45. The Morgan fingerprint density at radius 1 is 1.39 bits per heavy atom. The van der Waals surface area contributed by atoms with Crippen molar-refractivity contribution >= 4 is 5.71 Å². The van der Waals surface area contributed by atoms with E-state index < -0.39 is 0 Å². The lowest BCUT2D eigenvalue weighted by molar-refractivity contribution is 0.291. The Hall–Kier alpha value is -1.45. The fourth-order valence-corrected chi connectivity index (χ4v) is 2.63. The SMILES string of the molecule is C[CH]C(C)=NC1(c2cncnc2O)CCCCC1. The van der Waals surface area contributed by atoms with E-state index in [1.165, 1.54) is 12.7 Å². The molecule has 18 heavy (non-hydrogen) atoms. The van der Waals surface area contributed by atoms with Gasteiger partial charge in [0.25, 0.3) is 0 Å². The quantitative estimate of drug-likeness (QED) is 0.834. The van der Waals surface area contributed by atoms with Crippen molar-refractivity contribution in [3.05, 3.63) is 24.5 Å². The van der Waals surface area contributed by atoms with Crippen LogP contribution in [0.5, 0.6) is 5.88 Å². The van der Waals surface area contributed by atoms with Crippen LogP contribution in [0.1, 0.15) is 51.5 Å². The smallest absolute Gasteiger partial charge is 0.219 e. The van der Waals surface area contributed by atoms with Crippen LogP contribution in [0.15, 0.2) is 17.5 Å². The third-order valence-electron chi connectivity index (χ3n) is 3.68. The summed E-state index contributed by atoms with van der Waals surface area (Å²) >= 11 is 0. The summed E-state index contributed by atoms with van der Waals surface area (Å²) in [5, 5.41) is 9.98. The first kappa shape index (κ1) is 13.0. The number of nitrogens with zero attached hydrogens (tertiary/aromatic N) is 3. The van der Waals surface area contributed by atoms with Gasteiger partial charge >= 0.3 is 0 Å². The number of hydrogen-bond acceptors (Lipinski definition) is 4. The average Bonchev–Trinajstić information content (AvgIpc) is 2.40. The molecule has 0 bridgehead atoms. The second-order valence-corrected chi connectivity index (χ2v) is 4.89. The first-order valence-electron chi connectivity index (χ1n) is 6.53. The second kappa shape index (κ2) is 5.46. The summed E-state index contributed by atoms with van der Waals surface area (Å²) in [6, 6.07) is 0. The second-order valence-electron chi connectivity index (χ2n) is 4.89.